The van der Waals surface area contributed by atoms with Crippen LogP contribution in [0.3, 0.4) is 0 Å². The number of carbonyl (C=O) groups is 2. The predicted octanol–water partition coefficient (Wildman–Crippen LogP) is 4.11. The number of rotatable bonds is 5. The molecule has 2 N–H and O–H groups in total. The first-order chi connectivity index (χ1) is 14.0. The third kappa shape index (κ3) is 3.93. The number of hydrogen-bond donors (Lipinski definition) is 1. The number of carbonyl (C=O) groups excluding carboxylic acids is 2. The molecule has 4 rings (SSSR count). The highest BCUT2D eigenvalue weighted by Crippen LogP contribution is 2.35. The van der Waals surface area contributed by atoms with Crippen molar-refractivity contribution in [1.82, 2.24) is 4.90 Å². The van der Waals surface area contributed by atoms with Crippen LogP contribution in [-0.2, 0) is 11.2 Å². The Hall–Kier alpha value is -2.99. The first kappa shape index (κ1) is 19.3. The average Bonchev–Trinajstić information content (AvgIpc) is 3.39. The second-order valence-electron chi connectivity index (χ2n) is 7.48. The van der Waals surface area contributed by atoms with Gasteiger partial charge >= 0.3 is 0 Å². The maximum Gasteiger partial charge on any atom is 0.253 e. The molecule has 0 unspecified atom stereocenters. The Kier molecular flexibility index (Phi) is 5.20. The Morgan fingerprint density at radius 1 is 1.10 bits per heavy atom. The van der Waals surface area contributed by atoms with Crippen LogP contribution in [0, 0.1) is 11.2 Å². The van der Waals surface area contributed by atoms with Gasteiger partial charge in [0.2, 0.25) is 5.91 Å². The van der Waals surface area contributed by atoms with Gasteiger partial charge < -0.3 is 10.6 Å². The number of thiophene rings is 1. The number of halogens is 1. The summed E-state index contributed by atoms with van der Waals surface area (Å²) in [5.41, 5.74) is 7.38. The van der Waals surface area contributed by atoms with E-state index in [1.54, 1.807) is 22.3 Å². The Morgan fingerprint density at radius 2 is 1.90 bits per heavy atom. The molecule has 1 aromatic heterocycles. The molecule has 1 atom stereocenters. The zero-order chi connectivity index (χ0) is 20.4. The summed E-state index contributed by atoms with van der Waals surface area (Å²) in [6.45, 7) is 0.663. The molecule has 0 aliphatic carbocycles. The largest absolute Gasteiger partial charge is 0.369 e. The maximum atomic E-state index is 13.5. The molecule has 2 heterocycles. The smallest absolute Gasteiger partial charge is 0.253 e. The topological polar surface area (TPSA) is 63.4 Å². The van der Waals surface area contributed by atoms with E-state index in [1.807, 2.05) is 35.7 Å². The van der Waals surface area contributed by atoms with E-state index in [0.717, 1.165) is 11.1 Å². The van der Waals surface area contributed by atoms with Crippen molar-refractivity contribution in [1.29, 1.82) is 0 Å². The van der Waals surface area contributed by atoms with E-state index in [4.69, 9.17) is 5.73 Å². The van der Waals surface area contributed by atoms with Gasteiger partial charge in [-0.1, -0.05) is 36.4 Å². The van der Waals surface area contributed by atoms with E-state index in [-0.39, 0.29) is 18.0 Å². The molecule has 0 radical (unpaired) electrons. The van der Waals surface area contributed by atoms with E-state index >= 15 is 0 Å². The van der Waals surface area contributed by atoms with Crippen LogP contribution in [0.25, 0.3) is 10.4 Å². The molecular formula is C23H21FN2O2S. The normalized spacial score (nSPS) is 18.7. The molecule has 148 valence electrons. The minimum absolute atomic E-state index is 0.240. The molecule has 2 amide bonds. The zero-order valence-electron chi connectivity index (χ0n) is 15.8. The van der Waals surface area contributed by atoms with E-state index in [1.165, 1.54) is 23.1 Å². The highest BCUT2D eigenvalue weighted by molar-refractivity contribution is 7.13. The molecule has 0 bridgehead atoms. The lowest BCUT2D eigenvalue weighted by atomic mass is 9.80. The van der Waals surface area contributed by atoms with Crippen LogP contribution in [-0.4, -0.2) is 29.8 Å². The van der Waals surface area contributed by atoms with Crippen molar-refractivity contribution in [3.63, 3.8) is 0 Å². The second kappa shape index (κ2) is 7.79. The summed E-state index contributed by atoms with van der Waals surface area (Å²) in [5.74, 6) is -1.14. The van der Waals surface area contributed by atoms with Gasteiger partial charge in [0.05, 0.1) is 5.41 Å². The van der Waals surface area contributed by atoms with Crippen molar-refractivity contribution in [3.8, 4) is 10.4 Å². The lowest BCUT2D eigenvalue weighted by molar-refractivity contribution is -0.126. The average molecular weight is 408 g/mol. The molecule has 4 nitrogen and oxygen atoms in total. The lowest BCUT2D eigenvalue weighted by Gasteiger charge is -2.26. The fourth-order valence-electron chi connectivity index (χ4n) is 3.90. The molecule has 1 fully saturated rings. The summed E-state index contributed by atoms with van der Waals surface area (Å²) in [6.07, 6.45) is 0.968. The van der Waals surface area contributed by atoms with Gasteiger partial charge in [-0.25, -0.2) is 4.39 Å². The van der Waals surface area contributed by atoms with Gasteiger partial charge in [-0.15, -0.1) is 11.3 Å². The molecular weight excluding hydrogens is 387 g/mol. The van der Waals surface area contributed by atoms with Crippen molar-refractivity contribution in [2.24, 2.45) is 11.1 Å². The quantitative estimate of drug-likeness (QED) is 0.690. The minimum atomic E-state index is -0.812. The molecule has 6 heteroatoms. The van der Waals surface area contributed by atoms with Crippen LogP contribution in [0.15, 0.2) is 66.0 Å². The lowest BCUT2D eigenvalue weighted by Crippen LogP contribution is -2.42. The van der Waals surface area contributed by atoms with E-state index in [2.05, 4.69) is 6.07 Å². The van der Waals surface area contributed by atoms with Gasteiger partial charge in [0.25, 0.3) is 5.91 Å². The SMILES string of the molecule is NC(=O)[C@]1(Cc2ccc(-c3cccs3)cc2)CCN(C(=O)c2cccc(F)c2)C1. The van der Waals surface area contributed by atoms with Crippen LogP contribution in [0.4, 0.5) is 4.39 Å². The molecule has 0 saturated carbocycles. The van der Waals surface area contributed by atoms with Crippen LogP contribution in [0.5, 0.6) is 0 Å². The first-order valence-electron chi connectivity index (χ1n) is 9.44. The maximum absolute atomic E-state index is 13.5. The van der Waals surface area contributed by atoms with Crippen molar-refractivity contribution in [3.05, 3.63) is 83.0 Å². The Morgan fingerprint density at radius 3 is 2.55 bits per heavy atom. The third-order valence-electron chi connectivity index (χ3n) is 5.54. The number of hydrogen-bond acceptors (Lipinski definition) is 3. The number of benzene rings is 2. The van der Waals surface area contributed by atoms with Gasteiger partial charge in [-0.3, -0.25) is 9.59 Å². The molecule has 1 aliphatic rings. The van der Waals surface area contributed by atoms with Crippen molar-refractivity contribution < 1.29 is 14.0 Å². The van der Waals surface area contributed by atoms with Gasteiger partial charge in [-0.05, 0) is 53.6 Å². The van der Waals surface area contributed by atoms with Gasteiger partial charge in [-0.2, -0.15) is 0 Å². The zero-order valence-corrected chi connectivity index (χ0v) is 16.6. The number of primary amides is 1. The van der Waals surface area contributed by atoms with Gasteiger partial charge in [0, 0.05) is 23.5 Å². The van der Waals surface area contributed by atoms with Crippen LogP contribution >= 0.6 is 11.3 Å². The second-order valence-corrected chi connectivity index (χ2v) is 8.43. The minimum Gasteiger partial charge on any atom is -0.369 e. The Balaban J connectivity index is 1.51. The number of nitrogens with zero attached hydrogens (tertiary/aromatic N) is 1. The summed E-state index contributed by atoms with van der Waals surface area (Å²) in [7, 11) is 0. The standard InChI is InChI=1S/C23H21FN2O2S/c24-19-4-1-3-18(13-19)21(27)26-11-10-23(15-26,22(25)28)14-16-6-8-17(9-7-16)20-5-2-12-29-20/h1-9,12-13H,10-11,14-15H2,(H2,25,28)/t23-/m0/s1. The highest BCUT2D eigenvalue weighted by Gasteiger charge is 2.44. The number of nitrogens with two attached hydrogens (primary N) is 1. The Labute approximate surface area is 172 Å². The summed E-state index contributed by atoms with van der Waals surface area (Å²) in [5, 5.41) is 2.04. The molecule has 29 heavy (non-hydrogen) atoms. The summed E-state index contributed by atoms with van der Waals surface area (Å²) in [4.78, 5) is 27.9. The van der Waals surface area contributed by atoms with Gasteiger partial charge in [0.1, 0.15) is 5.82 Å². The molecule has 0 spiro atoms. The van der Waals surface area contributed by atoms with Crippen molar-refractivity contribution in [2.45, 2.75) is 12.8 Å². The monoisotopic (exact) mass is 408 g/mol. The summed E-state index contributed by atoms with van der Waals surface area (Å²) in [6, 6.07) is 17.8. The van der Waals surface area contributed by atoms with Crippen LogP contribution in [0.1, 0.15) is 22.3 Å². The first-order valence-corrected chi connectivity index (χ1v) is 10.3. The van der Waals surface area contributed by atoms with Crippen LogP contribution in [0.2, 0.25) is 0 Å². The summed E-state index contributed by atoms with van der Waals surface area (Å²) >= 11 is 1.68. The van der Waals surface area contributed by atoms with Crippen LogP contribution < -0.4 is 5.73 Å². The molecule has 3 aromatic rings. The van der Waals surface area contributed by atoms with E-state index in [0.29, 0.717) is 19.4 Å². The van der Waals surface area contributed by atoms with E-state index in [9.17, 15) is 14.0 Å². The van der Waals surface area contributed by atoms with Crippen molar-refractivity contribution in [2.75, 3.05) is 13.1 Å². The number of likely N-dealkylation sites (tertiary alicyclic amines) is 1. The molecule has 1 saturated heterocycles. The van der Waals surface area contributed by atoms with E-state index < -0.39 is 17.1 Å². The molecule has 2 aromatic carbocycles. The third-order valence-corrected chi connectivity index (χ3v) is 6.46. The predicted molar refractivity (Wildman–Crippen MR) is 112 cm³/mol. The van der Waals surface area contributed by atoms with Crippen molar-refractivity contribution >= 4 is 23.2 Å². The molecule has 1 aliphatic heterocycles. The summed E-state index contributed by atoms with van der Waals surface area (Å²) < 4.78 is 13.5. The highest BCUT2D eigenvalue weighted by atomic mass is 32.1. The van der Waals surface area contributed by atoms with Gasteiger partial charge in [0.15, 0.2) is 0 Å². The fourth-order valence-corrected chi connectivity index (χ4v) is 4.64. The fraction of sp³-hybridized carbons (Fsp3) is 0.217. The Bertz CT molecular complexity index is 1030. The number of amides is 2.